The minimum absolute atomic E-state index is 0. The molecule has 0 fully saturated rings. The van der Waals surface area contributed by atoms with Gasteiger partial charge in [0, 0.05) is 18.6 Å². The van der Waals surface area contributed by atoms with Crippen LogP contribution in [0.25, 0.3) is 5.57 Å². The quantitative estimate of drug-likeness (QED) is 0.454. The first kappa shape index (κ1) is 24.1. The molecular weight excluding hydrogens is 416 g/mol. The van der Waals surface area contributed by atoms with Crippen molar-refractivity contribution >= 4 is 12.0 Å². The molecule has 164 valence electrons. The molecule has 2 unspecified atom stereocenters. The minimum Gasteiger partial charge on any atom is -1.00 e. The number of nitrogens with zero attached hydrogens (tertiary/aromatic N) is 2. The summed E-state index contributed by atoms with van der Waals surface area (Å²) in [5.74, 6) is 2.20. The molecule has 2 atom stereocenters. The summed E-state index contributed by atoms with van der Waals surface area (Å²) >= 11 is 0. The summed E-state index contributed by atoms with van der Waals surface area (Å²) in [6.07, 6.45) is 3.26. The molecule has 0 spiro atoms. The molecule has 1 aliphatic heterocycles. The number of hydrogen-bond donors (Lipinski definition) is 0. The molecule has 0 aliphatic carbocycles. The third-order valence-corrected chi connectivity index (χ3v) is 5.22. The van der Waals surface area contributed by atoms with Crippen molar-refractivity contribution in [3.05, 3.63) is 59.7 Å². The van der Waals surface area contributed by atoms with Gasteiger partial charge in [-0.1, -0.05) is 12.1 Å². The van der Waals surface area contributed by atoms with Crippen molar-refractivity contribution in [1.29, 1.82) is 5.26 Å². The standard InChI is InChI=1S/C24H27N2O4.ClH/c1-17(11-12-25)19-5-8-21(9-6-19)29-15-22-14-26(16-30-22)18(2)20-7-10-23(27-3)24(13-20)28-4;/h5-11,13,16,18,22H,14-15H2,1-4H3;1H/q+1;/p-1/b17-11+;. The van der Waals surface area contributed by atoms with Crippen LogP contribution in [-0.4, -0.2) is 44.5 Å². The first-order valence-corrected chi connectivity index (χ1v) is 9.81. The van der Waals surface area contributed by atoms with Gasteiger partial charge in [0.15, 0.2) is 30.2 Å². The van der Waals surface area contributed by atoms with Crippen LogP contribution in [0.1, 0.15) is 31.0 Å². The third kappa shape index (κ3) is 5.93. The van der Waals surface area contributed by atoms with E-state index in [0.29, 0.717) is 18.1 Å². The SMILES string of the molecule is COc1ccc(C(C)[N+]2=COC(COc3ccc(/C(C)=C/C#N)cc3)C2)cc1OC.[Cl-]. The van der Waals surface area contributed by atoms with E-state index in [-0.39, 0.29) is 24.6 Å². The third-order valence-electron chi connectivity index (χ3n) is 5.22. The topological polar surface area (TPSA) is 63.7 Å². The van der Waals surface area contributed by atoms with E-state index in [1.54, 1.807) is 20.6 Å². The van der Waals surface area contributed by atoms with E-state index in [1.807, 2.05) is 55.5 Å². The number of ether oxygens (including phenoxy) is 4. The van der Waals surface area contributed by atoms with E-state index in [9.17, 15) is 0 Å². The van der Waals surface area contributed by atoms with Gasteiger partial charge in [-0.2, -0.15) is 9.84 Å². The zero-order valence-corrected chi connectivity index (χ0v) is 18.9. The van der Waals surface area contributed by atoms with E-state index in [2.05, 4.69) is 11.5 Å². The Balaban J connectivity index is 0.00000341. The molecule has 0 saturated heterocycles. The van der Waals surface area contributed by atoms with Crippen LogP contribution < -0.4 is 26.6 Å². The molecule has 0 amide bonds. The fourth-order valence-electron chi connectivity index (χ4n) is 3.31. The molecular formula is C24H27ClN2O4. The Kier molecular flexibility index (Phi) is 8.77. The van der Waals surface area contributed by atoms with Gasteiger partial charge in [-0.15, -0.1) is 0 Å². The predicted octanol–water partition coefficient (Wildman–Crippen LogP) is 1.21. The number of hydrogen-bond acceptors (Lipinski definition) is 5. The molecule has 0 aromatic heterocycles. The van der Waals surface area contributed by atoms with Crippen molar-refractivity contribution < 1.29 is 35.9 Å². The van der Waals surface area contributed by atoms with Crippen molar-refractivity contribution in [2.75, 3.05) is 27.4 Å². The summed E-state index contributed by atoms with van der Waals surface area (Å²) < 4.78 is 24.6. The van der Waals surface area contributed by atoms with Crippen molar-refractivity contribution in [3.63, 3.8) is 0 Å². The Labute approximate surface area is 189 Å². The van der Waals surface area contributed by atoms with Gasteiger partial charge in [0.05, 0.1) is 20.3 Å². The van der Waals surface area contributed by atoms with Gasteiger partial charge in [-0.3, -0.25) is 0 Å². The summed E-state index contributed by atoms with van der Waals surface area (Å²) in [6.45, 7) is 5.23. The molecule has 0 N–H and O–H groups in total. The Morgan fingerprint density at radius 1 is 1.19 bits per heavy atom. The highest BCUT2D eigenvalue weighted by molar-refractivity contribution is 5.66. The first-order valence-electron chi connectivity index (χ1n) is 9.81. The van der Waals surface area contributed by atoms with Crippen molar-refractivity contribution in [2.45, 2.75) is 26.0 Å². The van der Waals surface area contributed by atoms with Gasteiger partial charge in [-0.05, 0) is 48.4 Å². The first-order chi connectivity index (χ1) is 14.5. The Morgan fingerprint density at radius 3 is 2.55 bits per heavy atom. The number of methoxy groups -OCH3 is 2. The monoisotopic (exact) mass is 442 g/mol. The molecule has 0 bridgehead atoms. The van der Waals surface area contributed by atoms with Gasteiger partial charge in [0.1, 0.15) is 12.4 Å². The lowest BCUT2D eigenvalue weighted by Crippen LogP contribution is -3.00. The smallest absolute Gasteiger partial charge is 0.325 e. The average molecular weight is 443 g/mol. The van der Waals surface area contributed by atoms with E-state index in [0.717, 1.165) is 29.0 Å². The normalized spacial score (nSPS) is 16.3. The van der Waals surface area contributed by atoms with Crippen LogP contribution in [0.3, 0.4) is 0 Å². The zero-order valence-electron chi connectivity index (χ0n) is 18.2. The molecule has 2 aromatic carbocycles. The van der Waals surface area contributed by atoms with Crippen LogP contribution in [0.15, 0.2) is 48.5 Å². The Bertz CT molecular complexity index is 980. The maximum Gasteiger partial charge on any atom is 0.325 e. The second-order valence-electron chi connectivity index (χ2n) is 7.14. The molecule has 0 radical (unpaired) electrons. The van der Waals surface area contributed by atoms with E-state index >= 15 is 0 Å². The van der Waals surface area contributed by atoms with Crippen LogP contribution in [0.5, 0.6) is 17.2 Å². The zero-order chi connectivity index (χ0) is 21.5. The van der Waals surface area contributed by atoms with Gasteiger partial charge in [0.2, 0.25) is 0 Å². The molecule has 0 saturated carbocycles. The average Bonchev–Trinajstić information content (AvgIpc) is 3.26. The van der Waals surface area contributed by atoms with Crippen molar-refractivity contribution in [3.8, 4) is 23.3 Å². The number of nitriles is 1. The molecule has 2 aromatic rings. The van der Waals surface area contributed by atoms with Crippen LogP contribution in [0, 0.1) is 11.3 Å². The van der Waals surface area contributed by atoms with Crippen molar-refractivity contribution in [1.82, 2.24) is 0 Å². The summed E-state index contributed by atoms with van der Waals surface area (Å²) in [5, 5.41) is 8.76. The Morgan fingerprint density at radius 2 is 1.90 bits per heavy atom. The lowest BCUT2D eigenvalue weighted by atomic mass is 10.1. The molecule has 3 rings (SSSR count). The van der Waals surface area contributed by atoms with Gasteiger partial charge < -0.3 is 31.4 Å². The van der Waals surface area contributed by atoms with Crippen LogP contribution in [0.2, 0.25) is 0 Å². The van der Waals surface area contributed by atoms with E-state index < -0.39 is 0 Å². The summed E-state index contributed by atoms with van der Waals surface area (Å²) in [5.41, 5.74) is 3.05. The highest BCUT2D eigenvalue weighted by atomic mass is 35.5. The summed E-state index contributed by atoms with van der Waals surface area (Å²) in [4.78, 5) is 0. The second kappa shape index (κ2) is 11.3. The number of benzene rings is 2. The summed E-state index contributed by atoms with van der Waals surface area (Å²) in [7, 11) is 3.27. The van der Waals surface area contributed by atoms with Crippen LogP contribution in [-0.2, 0) is 4.74 Å². The molecule has 1 aliphatic rings. The highest BCUT2D eigenvalue weighted by Gasteiger charge is 2.30. The fraction of sp³-hybridized carbons (Fsp3) is 0.333. The van der Waals surface area contributed by atoms with Gasteiger partial charge in [-0.25, -0.2) is 0 Å². The van der Waals surface area contributed by atoms with Crippen LogP contribution in [0.4, 0.5) is 0 Å². The number of rotatable bonds is 8. The van der Waals surface area contributed by atoms with Gasteiger partial charge in [0.25, 0.3) is 0 Å². The predicted molar refractivity (Wildman–Crippen MR) is 115 cm³/mol. The summed E-state index contributed by atoms with van der Waals surface area (Å²) in [6, 6.07) is 15.8. The van der Waals surface area contributed by atoms with Gasteiger partial charge >= 0.3 is 6.40 Å². The Hall–Kier alpha value is -3.17. The minimum atomic E-state index is -0.0486. The van der Waals surface area contributed by atoms with E-state index in [1.165, 1.54) is 6.08 Å². The maximum atomic E-state index is 8.76. The largest absolute Gasteiger partial charge is 1.00 e. The lowest BCUT2D eigenvalue weighted by molar-refractivity contribution is -0.559. The molecule has 6 nitrogen and oxygen atoms in total. The maximum absolute atomic E-state index is 8.76. The van der Waals surface area contributed by atoms with Crippen LogP contribution >= 0.6 is 0 Å². The second-order valence-corrected chi connectivity index (χ2v) is 7.14. The highest BCUT2D eigenvalue weighted by Crippen LogP contribution is 2.31. The van der Waals surface area contributed by atoms with Crippen molar-refractivity contribution in [2.24, 2.45) is 0 Å². The molecule has 1 heterocycles. The fourth-order valence-corrected chi connectivity index (χ4v) is 3.31. The lowest BCUT2D eigenvalue weighted by Gasteiger charge is -2.13. The molecule has 7 heteroatoms. The molecule has 31 heavy (non-hydrogen) atoms. The number of halogens is 1. The van der Waals surface area contributed by atoms with E-state index in [4.69, 9.17) is 24.2 Å². The number of allylic oxidation sites excluding steroid dienone is 2.